The maximum absolute atomic E-state index is 11.0. The molecule has 0 aromatic rings. The van der Waals surface area contributed by atoms with Crippen LogP contribution in [0.3, 0.4) is 0 Å². The van der Waals surface area contributed by atoms with Crippen molar-refractivity contribution in [3.63, 3.8) is 0 Å². The summed E-state index contributed by atoms with van der Waals surface area (Å²) in [5.41, 5.74) is -0.975. The van der Waals surface area contributed by atoms with E-state index in [0.29, 0.717) is 0 Å². The van der Waals surface area contributed by atoms with Crippen molar-refractivity contribution in [3.05, 3.63) is 12.2 Å². The standard InChI is InChI=1S/C10H12O4/c1-5-10(2,3)14-9(12)7-6-8(11)13-4/h1,6-7H,2-4H3/b7-6-. The summed E-state index contributed by atoms with van der Waals surface area (Å²) in [4.78, 5) is 21.6. The summed E-state index contributed by atoms with van der Waals surface area (Å²) >= 11 is 0. The lowest BCUT2D eigenvalue weighted by molar-refractivity contribution is -0.146. The first-order valence-electron chi connectivity index (χ1n) is 3.88. The molecule has 0 saturated carbocycles. The zero-order chi connectivity index (χ0) is 11.2. The molecule has 0 spiro atoms. The molecule has 0 fully saturated rings. The molecule has 0 rings (SSSR count). The van der Waals surface area contributed by atoms with Crippen molar-refractivity contribution in [3.8, 4) is 12.3 Å². The summed E-state index contributed by atoms with van der Waals surface area (Å²) in [7, 11) is 1.21. The van der Waals surface area contributed by atoms with Gasteiger partial charge in [-0.15, -0.1) is 6.42 Å². The van der Waals surface area contributed by atoms with Gasteiger partial charge in [-0.3, -0.25) is 0 Å². The summed E-state index contributed by atoms with van der Waals surface area (Å²) < 4.78 is 9.10. The number of ether oxygens (including phenoxy) is 2. The molecule has 0 bridgehead atoms. The Morgan fingerprint density at radius 2 is 1.79 bits per heavy atom. The third-order valence-electron chi connectivity index (χ3n) is 1.26. The van der Waals surface area contributed by atoms with Crippen molar-refractivity contribution in [2.24, 2.45) is 0 Å². The van der Waals surface area contributed by atoms with Crippen LogP contribution in [0.25, 0.3) is 0 Å². The van der Waals surface area contributed by atoms with E-state index in [2.05, 4.69) is 10.7 Å². The molecule has 0 amide bonds. The molecule has 0 radical (unpaired) electrons. The van der Waals surface area contributed by atoms with Crippen LogP contribution in [-0.4, -0.2) is 24.6 Å². The van der Waals surface area contributed by atoms with Crippen LogP contribution in [0.15, 0.2) is 12.2 Å². The van der Waals surface area contributed by atoms with Crippen LogP contribution in [0.4, 0.5) is 0 Å². The molecule has 0 heterocycles. The minimum Gasteiger partial charge on any atom is -0.466 e. The second-order valence-corrected chi connectivity index (χ2v) is 2.93. The Morgan fingerprint density at radius 1 is 1.29 bits per heavy atom. The van der Waals surface area contributed by atoms with Crippen molar-refractivity contribution in [1.82, 2.24) is 0 Å². The lowest BCUT2D eigenvalue weighted by Gasteiger charge is -2.16. The van der Waals surface area contributed by atoms with Gasteiger partial charge in [0.25, 0.3) is 0 Å². The Labute approximate surface area is 82.9 Å². The van der Waals surface area contributed by atoms with E-state index in [1.54, 1.807) is 13.8 Å². The summed E-state index contributed by atoms with van der Waals surface area (Å²) in [5.74, 6) is 0.974. The van der Waals surface area contributed by atoms with Crippen LogP contribution < -0.4 is 0 Å². The minimum atomic E-state index is -0.975. The Kier molecular flexibility index (Phi) is 4.44. The molecular formula is C10H12O4. The minimum absolute atomic E-state index is 0.625. The van der Waals surface area contributed by atoms with E-state index in [0.717, 1.165) is 12.2 Å². The molecule has 4 nitrogen and oxygen atoms in total. The molecule has 0 aliphatic rings. The van der Waals surface area contributed by atoms with E-state index >= 15 is 0 Å². The van der Waals surface area contributed by atoms with Gasteiger partial charge in [0.05, 0.1) is 7.11 Å². The largest absolute Gasteiger partial charge is 0.466 e. The number of hydrogen-bond acceptors (Lipinski definition) is 4. The van der Waals surface area contributed by atoms with Crippen molar-refractivity contribution in [2.75, 3.05) is 7.11 Å². The Morgan fingerprint density at radius 3 is 2.21 bits per heavy atom. The second-order valence-electron chi connectivity index (χ2n) is 2.93. The number of hydrogen-bond donors (Lipinski definition) is 0. The van der Waals surface area contributed by atoms with Crippen LogP contribution in [0.2, 0.25) is 0 Å². The highest BCUT2D eigenvalue weighted by molar-refractivity contribution is 5.91. The van der Waals surface area contributed by atoms with E-state index in [9.17, 15) is 9.59 Å². The average molecular weight is 196 g/mol. The number of methoxy groups -OCH3 is 1. The molecule has 4 heteroatoms. The predicted molar refractivity (Wildman–Crippen MR) is 50.2 cm³/mol. The molecule has 0 saturated heterocycles. The van der Waals surface area contributed by atoms with Gasteiger partial charge in [0.1, 0.15) is 0 Å². The molecule has 0 aliphatic heterocycles. The first kappa shape index (κ1) is 12.2. The third kappa shape index (κ3) is 4.99. The van der Waals surface area contributed by atoms with Gasteiger partial charge in [0.15, 0.2) is 5.60 Å². The molecule has 76 valence electrons. The number of rotatable bonds is 3. The third-order valence-corrected chi connectivity index (χ3v) is 1.26. The van der Waals surface area contributed by atoms with Gasteiger partial charge in [0.2, 0.25) is 0 Å². The van der Waals surface area contributed by atoms with E-state index in [1.807, 2.05) is 0 Å². The van der Waals surface area contributed by atoms with Crippen LogP contribution in [0.5, 0.6) is 0 Å². The van der Waals surface area contributed by atoms with Crippen molar-refractivity contribution < 1.29 is 19.1 Å². The van der Waals surface area contributed by atoms with Gasteiger partial charge in [-0.2, -0.15) is 0 Å². The summed E-state index contributed by atoms with van der Waals surface area (Å²) in [5, 5.41) is 0. The number of esters is 2. The fourth-order valence-electron chi connectivity index (χ4n) is 0.519. The van der Waals surface area contributed by atoms with Gasteiger partial charge in [-0.05, 0) is 13.8 Å². The zero-order valence-corrected chi connectivity index (χ0v) is 8.37. The highest BCUT2D eigenvalue weighted by atomic mass is 16.6. The second kappa shape index (κ2) is 5.07. The van der Waals surface area contributed by atoms with Crippen LogP contribution in [0, 0.1) is 12.3 Å². The summed E-state index contributed by atoms with van der Waals surface area (Å²) in [6, 6.07) is 0. The van der Waals surface area contributed by atoms with Gasteiger partial charge in [-0.1, -0.05) is 5.92 Å². The zero-order valence-electron chi connectivity index (χ0n) is 8.37. The van der Waals surface area contributed by atoms with Gasteiger partial charge in [0, 0.05) is 12.2 Å². The van der Waals surface area contributed by atoms with Crippen LogP contribution >= 0.6 is 0 Å². The average Bonchev–Trinajstić information content (AvgIpc) is 2.13. The van der Waals surface area contributed by atoms with E-state index < -0.39 is 17.5 Å². The van der Waals surface area contributed by atoms with Gasteiger partial charge >= 0.3 is 11.9 Å². The fourth-order valence-corrected chi connectivity index (χ4v) is 0.519. The highest BCUT2D eigenvalue weighted by Crippen LogP contribution is 2.07. The number of terminal acetylenes is 1. The first-order valence-corrected chi connectivity index (χ1v) is 3.88. The summed E-state index contributed by atoms with van der Waals surface area (Å²) in [6.45, 7) is 3.13. The maximum atomic E-state index is 11.0. The quantitative estimate of drug-likeness (QED) is 0.378. The van der Waals surface area contributed by atoms with Crippen LogP contribution in [-0.2, 0) is 19.1 Å². The molecule has 0 atom stereocenters. The predicted octanol–water partition coefficient (Wildman–Crippen LogP) is 0.671. The molecule has 0 unspecified atom stereocenters. The SMILES string of the molecule is C#CC(C)(C)OC(=O)/C=C\C(=O)OC. The highest BCUT2D eigenvalue weighted by Gasteiger charge is 2.17. The molecule has 0 N–H and O–H groups in total. The number of carbonyl (C=O) groups excluding carboxylic acids is 2. The van der Waals surface area contributed by atoms with Gasteiger partial charge < -0.3 is 9.47 Å². The Balaban J connectivity index is 4.20. The Bertz CT molecular complexity index is 294. The monoisotopic (exact) mass is 196 g/mol. The Hall–Kier alpha value is -1.76. The van der Waals surface area contributed by atoms with Gasteiger partial charge in [-0.25, -0.2) is 9.59 Å². The maximum Gasteiger partial charge on any atom is 0.332 e. The lowest BCUT2D eigenvalue weighted by atomic mass is 10.1. The lowest BCUT2D eigenvalue weighted by Crippen LogP contribution is -2.24. The van der Waals surface area contributed by atoms with Crippen LogP contribution in [0.1, 0.15) is 13.8 Å². The molecule has 0 aromatic carbocycles. The topological polar surface area (TPSA) is 52.6 Å². The van der Waals surface area contributed by atoms with Crippen molar-refractivity contribution in [2.45, 2.75) is 19.4 Å². The first-order chi connectivity index (χ1) is 6.41. The van der Waals surface area contributed by atoms with Crippen molar-refractivity contribution >= 4 is 11.9 Å². The van der Waals surface area contributed by atoms with E-state index in [-0.39, 0.29) is 0 Å². The molecule has 14 heavy (non-hydrogen) atoms. The van der Waals surface area contributed by atoms with E-state index in [4.69, 9.17) is 11.2 Å². The van der Waals surface area contributed by atoms with Crippen molar-refractivity contribution in [1.29, 1.82) is 0 Å². The van der Waals surface area contributed by atoms with E-state index in [1.165, 1.54) is 7.11 Å². The summed E-state index contributed by atoms with van der Waals surface area (Å²) in [6.07, 6.45) is 7.02. The normalized spacial score (nSPS) is 10.7. The molecular weight excluding hydrogens is 184 g/mol. The molecule has 0 aromatic heterocycles. The number of carbonyl (C=O) groups is 2. The molecule has 0 aliphatic carbocycles. The smallest absolute Gasteiger partial charge is 0.332 e. The fraction of sp³-hybridized carbons (Fsp3) is 0.400.